The molecular weight excluding hydrogens is 316 g/mol. The number of amides is 1. The molecule has 1 amide bonds. The Hall–Kier alpha value is -3.34. The quantitative estimate of drug-likeness (QED) is 0.728. The van der Waals surface area contributed by atoms with Gasteiger partial charge >= 0.3 is 0 Å². The van der Waals surface area contributed by atoms with Crippen LogP contribution in [0.25, 0.3) is 0 Å². The van der Waals surface area contributed by atoms with Crippen molar-refractivity contribution in [2.45, 2.75) is 13.2 Å². The third kappa shape index (κ3) is 4.81. The van der Waals surface area contributed by atoms with E-state index in [4.69, 9.17) is 4.74 Å². The zero-order valence-corrected chi connectivity index (χ0v) is 13.6. The minimum atomic E-state index is -0.236. The highest BCUT2D eigenvalue weighted by Gasteiger charge is 2.05. The smallest absolute Gasteiger partial charge is 0.253 e. The molecule has 0 unspecified atom stereocenters. The van der Waals surface area contributed by atoms with Crippen LogP contribution >= 0.6 is 0 Å². The standard InChI is InChI=1S/C20H18N2O3/c23-19-11-8-17(13-21-19)20(24)22-12-15-6-9-18(10-7-15)25-14-16-4-2-1-3-5-16/h1-11,13H,12,14H2,(H,21,23)(H,22,24). The average molecular weight is 334 g/mol. The van der Waals surface area contributed by atoms with E-state index in [2.05, 4.69) is 10.3 Å². The summed E-state index contributed by atoms with van der Waals surface area (Å²) in [6, 6.07) is 20.4. The molecule has 0 spiro atoms. The molecule has 0 radical (unpaired) electrons. The molecule has 5 nitrogen and oxygen atoms in total. The highest BCUT2D eigenvalue weighted by molar-refractivity contribution is 5.93. The first-order valence-corrected chi connectivity index (χ1v) is 7.93. The van der Waals surface area contributed by atoms with Crippen LogP contribution in [0.3, 0.4) is 0 Å². The van der Waals surface area contributed by atoms with Crippen LogP contribution in [0, 0.1) is 0 Å². The lowest BCUT2D eigenvalue weighted by Crippen LogP contribution is -2.23. The number of hydrogen-bond acceptors (Lipinski definition) is 3. The van der Waals surface area contributed by atoms with Crippen molar-refractivity contribution in [2.75, 3.05) is 0 Å². The molecule has 25 heavy (non-hydrogen) atoms. The first-order chi connectivity index (χ1) is 12.2. The summed E-state index contributed by atoms with van der Waals surface area (Å²) in [5.74, 6) is 0.542. The van der Waals surface area contributed by atoms with Crippen molar-refractivity contribution in [3.8, 4) is 5.75 Å². The Morgan fingerprint density at radius 2 is 1.68 bits per heavy atom. The zero-order valence-electron chi connectivity index (χ0n) is 13.6. The summed E-state index contributed by atoms with van der Waals surface area (Å²) in [4.78, 5) is 25.5. The fourth-order valence-electron chi connectivity index (χ4n) is 2.28. The van der Waals surface area contributed by atoms with Crippen molar-refractivity contribution >= 4 is 5.91 Å². The second-order valence-corrected chi connectivity index (χ2v) is 5.54. The van der Waals surface area contributed by atoms with Crippen LogP contribution in [0.2, 0.25) is 0 Å². The lowest BCUT2D eigenvalue weighted by Gasteiger charge is -2.08. The number of carbonyl (C=O) groups excluding carboxylic acids is 1. The number of benzene rings is 2. The van der Waals surface area contributed by atoms with E-state index < -0.39 is 0 Å². The van der Waals surface area contributed by atoms with E-state index in [1.54, 1.807) is 0 Å². The Balaban J connectivity index is 1.51. The van der Waals surface area contributed by atoms with E-state index in [0.717, 1.165) is 16.9 Å². The van der Waals surface area contributed by atoms with Crippen LogP contribution in [0.15, 0.2) is 77.7 Å². The van der Waals surface area contributed by atoms with E-state index in [9.17, 15) is 9.59 Å². The minimum absolute atomic E-state index is 0.234. The Bertz CT molecular complexity index is 866. The largest absolute Gasteiger partial charge is 0.489 e. The molecule has 2 N–H and O–H groups in total. The Labute approximate surface area is 145 Å². The van der Waals surface area contributed by atoms with Crippen molar-refractivity contribution in [1.29, 1.82) is 0 Å². The summed E-state index contributed by atoms with van der Waals surface area (Å²) in [7, 11) is 0. The predicted octanol–water partition coefficient (Wildman–Crippen LogP) is 2.88. The molecule has 126 valence electrons. The van der Waals surface area contributed by atoms with Crippen molar-refractivity contribution < 1.29 is 9.53 Å². The number of pyridine rings is 1. The zero-order chi connectivity index (χ0) is 17.5. The van der Waals surface area contributed by atoms with Gasteiger partial charge in [-0.05, 0) is 29.3 Å². The highest BCUT2D eigenvalue weighted by Crippen LogP contribution is 2.14. The number of aromatic nitrogens is 1. The second-order valence-electron chi connectivity index (χ2n) is 5.54. The molecule has 0 aliphatic rings. The van der Waals surface area contributed by atoms with Gasteiger partial charge in [0.1, 0.15) is 12.4 Å². The summed E-state index contributed by atoms with van der Waals surface area (Å²) >= 11 is 0. The normalized spacial score (nSPS) is 10.2. The van der Waals surface area contributed by atoms with E-state index in [-0.39, 0.29) is 11.5 Å². The van der Waals surface area contributed by atoms with Gasteiger partial charge in [-0.15, -0.1) is 0 Å². The van der Waals surface area contributed by atoms with Crippen molar-refractivity contribution in [3.63, 3.8) is 0 Å². The first-order valence-electron chi connectivity index (χ1n) is 7.93. The number of ether oxygens (including phenoxy) is 1. The molecule has 2 aromatic carbocycles. The van der Waals surface area contributed by atoms with E-state index >= 15 is 0 Å². The maximum absolute atomic E-state index is 12.0. The molecule has 5 heteroatoms. The molecule has 1 heterocycles. The molecule has 3 rings (SSSR count). The van der Waals surface area contributed by atoms with E-state index in [1.165, 1.54) is 18.3 Å². The lowest BCUT2D eigenvalue weighted by molar-refractivity contribution is 0.0950. The van der Waals surface area contributed by atoms with Gasteiger partial charge in [-0.2, -0.15) is 0 Å². The van der Waals surface area contributed by atoms with Gasteiger partial charge in [-0.1, -0.05) is 42.5 Å². The van der Waals surface area contributed by atoms with Gasteiger partial charge in [0.25, 0.3) is 5.91 Å². The van der Waals surface area contributed by atoms with Crippen LogP contribution in [-0.4, -0.2) is 10.9 Å². The maximum Gasteiger partial charge on any atom is 0.253 e. The van der Waals surface area contributed by atoms with Crippen molar-refractivity contribution in [1.82, 2.24) is 10.3 Å². The average Bonchev–Trinajstić information content (AvgIpc) is 2.67. The van der Waals surface area contributed by atoms with Crippen LogP contribution in [-0.2, 0) is 13.2 Å². The molecule has 0 atom stereocenters. The number of rotatable bonds is 6. The van der Waals surface area contributed by atoms with Crippen molar-refractivity contribution in [2.24, 2.45) is 0 Å². The number of carbonyl (C=O) groups is 1. The van der Waals surface area contributed by atoms with Crippen LogP contribution < -0.4 is 15.6 Å². The molecule has 0 saturated heterocycles. The third-order valence-electron chi connectivity index (χ3n) is 3.67. The van der Waals surface area contributed by atoms with Crippen molar-refractivity contribution in [3.05, 3.63) is 100.0 Å². The Morgan fingerprint density at radius 3 is 2.36 bits per heavy atom. The monoisotopic (exact) mass is 334 g/mol. The molecule has 0 aliphatic heterocycles. The summed E-state index contributed by atoms with van der Waals surface area (Å²) in [5, 5.41) is 2.81. The van der Waals surface area contributed by atoms with Gasteiger partial charge in [-0.3, -0.25) is 9.59 Å². The van der Waals surface area contributed by atoms with Crippen LogP contribution in [0.5, 0.6) is 5.75 Å². The molecule has 0 aliphatic carbocycles. The van der Waals surface area contributed by atoms with Gasteiger partial charge in [0.2, 0.25) is 5.56 Å². The number of nitrogens with one attached hydrogen (secondary N) is 2. The van der Waals surface area contributed by atoms with E-state index in [1.807, 2.05) is 54.6 Å². The molecule has 0 saturated carbocycles. The minimum Gasteiger partial charge on any atom is -0.489 e. The Kier molecular flexibility index (Phi) is 5.26. The number of H-pyrrole nitrogens is 1. The summed E-state index contributed by atoms with van der Waals surface area (Å²) in [6.07, 6.45) is 1.40. The summed E-state index contributed by atoms with van der Waals surface area (Å²) in [6.45, 7) is 0.917. The fourth-order valence-corrected chi connectivity index (χ4v) is 2.28. The number of aromatic amines is 1. The summed E-state index contributed by atoms with van der Waals surface area (Å²) in [5.41, 5.74) is 2.26. The number of hydrogen-bond donors (Lipinski definition) is 2. The topological polar surface area (TPSA) is 71.2 Å². The van der Waals surface area contributed by atoms with Gasteiger partial charge in [0.15, 0.2) is 0 Å². The lowest BCUT2D eigenvalue weighted by atomic mass is 10.2. The predicted molar refractivity (Wildman–Crippen MR) is 95.4 cm³/mol. The van der Waals surface area contributed by atoms with E-state index in [0.29, 0.717) is 18.7 Å². The maximum atomic E-state index is 12.0. The molecule has 1 aromatic heterocycles. The van der Waals surface area contributed by atoms with Gasteiger partial charge in [0, 0.05) is 18.8 Å². The molecule has 0 fully saturated rings. The van der Waals surface area contributed by atoms with Gasteiger partial charge < -0.3 is 15.0 Å². The van der Waals surface area contributed by atoms with Crippen LogP contribution in [0.1, 0.15) is 21.5 Å². The van der Waals surface area contributed by atoms with Gasteiger partial charge in [0.05, 0.1) is 5.56 Å². The van der Waals surface area contributed by atoms with Crippen LogP contribution in [0.4, 0.5) is 0 Å². The first kappa shape index (κ1) is 16.5. The Morgan fingerprint density at radius 1 is 0.920 bits per heavy atom. The third-order valence-corrected chi connectivity index (χ3v) is 3.67. The SMILES string of the molecule is O=C(NCc1ccc(OCc2ccccc2)cc1)c1ccc(=O)[nH]c1. The van der Waals surface area contributed by atoms with Gasteiger partial charge in [-0.25, -0.2) is 0 Å². The molecule has 0 bridgehead atoms. The molecule has 3 aromatic rings. The summed E-state index contributed by atoms with van der Waals surface area (Å²) < 4.78 is 5.73. The second kappa shape index (κ2) is 7.97. The molecular formula is C20H18N2O3. The highest BCUT2D eigenvalue weighted by atomic mass is 16.5. The fraction of sp³-hybridized carbons (Fsp3) is 0.100.